The van der Waals surface area contributed by atoms with Crippen LogP contribution in [-0.4, -0.2) is 10.2 Å². The average molecular weight is 230 g/mol. The van der Waals surface area contributed by atoms with E-state index < -0.39 is 6.29 Å². The summed E-state index contributed by atoms with van der Waals surface area (Å²) in [5.74, 6) is 0.558. The van der Waals surface area contributed by atoms with Crippen molar-refractivity contribution in [3.8, 4) is 0 Å². The fraction of sp³-hybridized carbons (Fsp3) is 0.333. The summed E-state index contributed by atoms with van der Waals surface area (Å²) in [5.41, 5.74) is 1.87. The molecule has 2 heteroatoms. The molecule has 2 aromatic carbocycles. The van der Waals surface area contributed by atoms with Crippen LogP contribution in [0.3, 0.4) is 0 Å². The molecular formula is C15H18O2. The molecule has 2 N–H and O–H groups in total. The molecule has 0 amide bonds. The summed E-state index contributed by atoms with van der Waals surface area (Å²) in [5, 5.41) is 20.4. The molecule has 0 bridgehead atoms. The molecule has 0 saturated heterocycles. The van der Waals surface area contributed by atoms with Gasteiger partial charge in [-0.05, 0) is 34.7 Å². The van der Waals surface area contributed by atoms with E-state index in [1.54, 1.807) is 6.07 Å². The highest BCUT2D eigenvalue weighted by molar-refractivity contribution is 5.84. The Kier molecular flexibility index (Phi) is 3.46. The highest BCUT2D eigenvalue weighted by atomic mass is 16.5. The van der Waals surface area contributed by atoms with E-state index in [1.807, 2.05) is 18.2 Å². The fourth-order valence-electron chi connectivity index (χ4n) is 1.99. The molecule has 0 radical (unpaired) electrons. The van der Waals surface area contributed by atoms with Crippen molar-refractivity contribution in [2.45, 2.75) is 32.5 Å². The quantitative estimate of drug-likeness (QED) is 0.794. The number of rotatable bonds is 3. The molecule has 1 unspecified atom stereocenters. The highest BCUT2D eigenvalue weighted by Gasteiger charge is 2.06. The van der Waals surface area contributed by atoms with Crippen LogP contribution in [0.15, 0.2) is 36.4 Å². The van der Waals surface area contributed by atoms with Crippen molar-refractivity contribution in [1.82, 2.24) is 0 Å². The van der Waals surface area contributed by atoms with Gasteiger partial charge in [-0.2, -0.15) is 0 Å². The number of hydrogen-bond acceptors (Lipinski definition) is 2. The topological polar surface area (TPSA) is 40.5 Å². The number of hydrogen-bond donors (Lipinski definition) is 2. The first-order chi connectivity index (χ1) is 8.11. The lowest BCUT2D eigenvalue weighted by molar-refractivity contribution is -0.0423. The van der Waals surface area contributed by atoms with Crippen molar-refractivity contribution in [1.29, 1.82) is 0 Å². The van der Waals surface area contributed by atoms with Gasteiger partial charge in [0.05, 0.1) is 0 Å². The lowest BCUT2D eigenvalue weighted by Crippen LogP contribution is -1.95. The lowest BCUT2D eigenvalue weighted by Gasteiger charge is -2.11. The summed E-state index contributed by atoms with van der Waals surface area (Å²) < 4.78 is 0. The van der Waals surface area contributed by atoms with Gasteiger partial charge in [0.1, 0.15) is 0 Å². The van der Waals surface area contributed by atoms with E-state index in [1.165, 1.54) is 5.56 Å². The van der Waals surface area contributed by atoms with Crippen LogP contribution in [0.5, 0.6) is 0 Å². The summed E-state index contributed by atoms with van der Waals surface area (Å²) in [4.78, 5) is 0. The summed E-state index contributed by atoms with van der Waals surface area (Å²) in [7, 11) is 0. The van der Waals surface area contributed by atoms with Gasteiger partial charge in [-0.1, -0.05) is 44.2 Å². The zero-order chi connectivity index (χ0) is 12.4. The van der Waals surface area contributed by atoms with Crippen LogP contribution in [0.4, 0.5) is 0 Å². The third-order valence-corrected chi connectivity index (χ3v) is 3.37. The van der Waals surface area contributed by atoms with Gasteiger partial charge in [0, 0.05) is 5.56 Å². The van der Waals surface area contributed by atoms with Crippen LogP contribution >= 0.6 is 0 Å². The van der Waals surface area contributed by atoms with Crippen LogP contribution in [0.25, 0.3) is 10.8 Å². The van der Waals surface area contributed by atoms with E-state index >= 15 is 0 Å². The van der Waals surface area contributed by atoms with E-state index in [4.69, 9.17) is 10.2 Å². The molecule has 0 aromatic heterocycles. The Morgan fingerprint density at radius 2 is 1.47 bits per heavy atom. The third-order valence-electron chi connectivity index (χ3n) is 3.37. The second-order valence-electron chi connectivity index (χ2n) is 4.55. The van der Waals surface area contributed by atoms with Crippen molar-refractivity contribution in [3.63, 3.8) is 0 Å². The molecule has 2 aromatic rings. The largest absolute Gasteiger partial charge is 0.364 e. The van der Waals surface area contributed by atoms with Crippen LogP contribution in [-0.2, 0) is 0 Å². The van der Waals surface area contributed by atoms with Crippen LogP contribution in [0, 0.1) is 0 Å². The average Bonchev–Trinajstić information content (AvgIpc) is 2.36. The Hall–Kier alpha value is -1.38. The van der Waals surface area contributed by atoms with Crippen LogP contribution < -0.4 is 0 Å². The lowest BCUT2D eigenvalue weighted by atomic mass is 9.95. The minimum absolute atomic E-state index is 0.536. The molecule has 2 rings (SSSR count). The van der Waals surface area contributed by atoms with Crippen molar-refractivity contribution < 1.29 is 10.2 Å². The maximum absolute atomic E-state index is 9.12. The van der Waals surface area contributed by atoms with Gasteiger partial charge in [0.2, 0.25) is 0 Å². The molecule has 0 spiro atoms. The van der Waals surface area contributed by atoms with Gasteiger partial charge in [0.15, 0.2) is 6.29 Å². The fourth-order valence-corrected chi connectivity index (χ4v) is 1.99. The minimum Gasteiger partial charge on any atom is -0.364 e. The smallest absolute Gasteiger partial charge is 0.178 e. The van der Waals surface area contributed by atoms with Gasteiger partial charge in [-0.25, -0.2) is 0 Å². The zero-order valence-corrected chi connectivity index (χ0v) is 10.2. The van der Waals surface area contributed by atoms with E-state index in [0.717, 1.165) is 17.2 Å². The van der Waals surface area contributed by atoms with Crippen molar-refractivity contribution >= 4 is 10.8 Å². The van der Waals surface area contributed by atoms with Gasteiger partial charge in [-0.3, -0.25) is 0 Å². The Morgan fingerprint density at radius 3 is 2.00 bits per heavy atom. The zero-order valence-electron chi connectivity index (χ0n) is 10.2. The SMILES string of the molecule is CCC(C)c1ccc2cc(C(O)O)ccc2c1. The predicted octanol–water partition coefficient (Wildman–Crippen LogP) is 3.34. The van der Waals surface area contributed by atoms with Gasteiger partial charge < -0.3 is 10.2 Å². The molecule has 1 atom stereocenters. The van der Waals surface area contributed by atoms with E-state index in [0.29, 0.717) is 11.5 Å². The maximum atomic E-state index is 9.12. The third kappa shape index (κ3) is 2.48. The second kappa shape index (κ2) is 4.86. The summed E-state index contributed by atoms with van der Waals surface area (Å²) in [6, 6.07) is 11.9. The molecule has 0 aliphatic rings. The Balaban J connectivity index is 2.46. The van der Waals surface area contributed by atoms with Crippen molar-refractivity contribution in [2.24, 2.45) is 0 Å². The number of aliphatic hydroxyl groups excluding tert-OH is 1. The van der Waals surface area contributed by atoms with E-state index in [9.17, 15) is 0 Å². The normalized spacial score (nSPS) is 13.2. The molecule has 0 aliphatic heterocycles. The van der Waals surface area contributed by atoms with Crippen LogP contribution in [0.1, 0.15) is 43.6 Å². The first kappa shape index (κ1) is 12.1. The van der Waals surface area contributed by atoms with Crippen LogP contribution in [0.2, 0.25) is 0 Å². The molecule has 0 saturated carbocycles. The predicted molar refractivity (Wildman–Crippen MR) is 69.8 cm³/mol. The van der Waals surface area contributed by atoms with Gasteiger partial charge in [-0.15, -0.1) is 0 Å². The van der Waals surface area contributed by atoms with Crippen molar-refractivity contribution in [2.75, 3.05) is 0 Å². The summed E-state index contributed by atoms with van der Waals surface area (Å²) in [6.45, 7) is 4.40. The minimum atomic E-state index is -1.39. The summed E-state index contributed by atoms with van der Waals surface area (Å²) >= 11 is 0. The monoisotopic (exact) mass is 230 g/mol. The molecule has 0 fully saturated rings. The van der Waals surface area contributed by atoms with E-state index in [2.05, 4.69) is 26.0 Å². The molecular weight excluding hydrogens is 212 g/mol. The van der Waals surface area contributed by atoms with Crippen molar-refractivity contribution in [3.05, 3.63) is 47.5 Å². The molecule has 17 heavy (non-hydrogen) atoms. The molecule has 2 nitrogen and oxygen atoms in total. The van der Waals surface area contributed by atoms with Gasteiger partial charge >= 0.3 is 0 Å². The number of benzene rings is 2. The number of fused-ring (bicyclic) bond motifs is 1. The molecule has 0 aliphatic carbocycles. The molecule has 0 heterocycles. The first-order valence-electron chi connectivity index (χ1n) is 6.01. The maximum Gasteiger partial charge on any atom is 0.178 e. The Bertz CT molecular complexity index is 517. The Morgan fingerprint density at radius 1 is 0.941 bits per heavy atom. The highest BCUT2D eigenvalue weighted by Crippen LogP contribution is 2.25. The number of aliphatic hydroxyl groups is 2. The van der Waals surface area contributed by atoms with Gasteiger partial charge in [0.25, 0.3) is 0 Å². The molecule has 90 valence electrons. The second-order valence-corrected chi connectivity index (χ2v) is 4.55. The standard InChI is InChI=1S/C15H18O2/c1-3-10(2)11-4-5-13-9-14(15(16)17)7-6-12(13)8-11/h4-10,15-17H,3H2,1-2H3. The summed E-state index contributed by atoms with van der Waals surface area (Å²) in [6.07, 6.45) is -0.271. The van der Waals surface area contributed by atoms with E-state index in [-0.39, 0.29) is 0 Å². The first-order valence-corrected chi connectivity index (χ1v) is 6.01. The Labute approximate surface area is 102 Å².